The average Bonchev–Trinajstić information content (AvgIpc) is 2.31. The van der Waals surface area contributed by atoms with Gasteiger partial charge in [-0.3, -0.25) is 4.68 Å². The number of aryl methyl sites for hydroxylation is 2. The van der Waals surface area contributed by atoms with E-state index < -0.39 is 0 Å². The summed E-state index contributed by atoms with van der Waals surface area (Å²) in [5.41, 5.74) is 1.07. The Morgan fingerprint density at radius 1 is 1.50 bits per heavy atom. The van der Waals surface area contributed by atoms with Crippen molar-refractivity contribution in [1.29, 1.82) is 0 Å². The van der Waals surface area contributed by atoms with Crippen molar-refractivity contribution in [2.24, 2.45) is 7.05 Å². The minimum absolute atomic E-state index is 0.706. The molecule has 0 saturated heterocycles. The molecule has 0 atom stereocenters. The van der Waals surface area contributed by atoms with E-state index in [2.05, 4.69) is 18.9 Å². The van der Waals surface area contributed by atoms with Crippen molar-refractivity contribution in [2.75, 3.05) is 7.11 Å². The van der Waals surface area contributed by atoms with Gasteiger partial charge in [0.1, 0.15) is 0 Å². The van der Waals surface area contributed by atoms with Gasteiger partial charge in [-0.05, 0) is 6.92 Å². The van der Waals surface area contributed by atoms with Crippen LogP contribution in [0.15, 0.2) is 6.20 Å². The van der Waals surface area contributed by atoms with Crippen LogP contribution in [-0.2, 0) is 7.05 Å². The Labute approximate surface area is 74.3 Å². The monoisotopic (exact) mass is 170 g/mol. The quantitative estimate of drug-likeness (QED) is 0.645. The molecule has 1 rings (SSSR count). The zero-order valence-corrected chi connectivity index (χ0v) is 8.59. The van der Waals surface area contributed by atoms with Gasteiger partial charge in [-0.25, -0.2) is 0 Å². The summed E-state index contributed by atoms with van der Waals surface area (Å²) in [5.74, 6) is 0.706. The Morgan fingerprint density at radius 3 is 2.17 bits per heavy atom. The molecule has 0 aromatic carbocycles. The van der Waals surface area contributed by atoms with Crippen molar-refractivity contribution >= 4 is 0 Å². The fourth-order valence-electron chi connectivity index (χ4n) is 0.788. The lowest BCUT2D eigenvalue weighted by molar-refractivity contribution is 0.389. The maximum absolute atomic E-state index is 4.93. The number of hydrogen-bond acceptors (Lipinski definition) is 2. The molecule has 0 amide bonds. The predicted octanol–water partition coefficient (Wildman–Crippen LogP) is 2.15. The number of hydrogen-bond donors (Lipinski definition) is 0. The topological polar surface area (TPSA) is 27.1 Å². The van der Waals surface area contributed by atoms with E-state index in [9.17, 15) is 0 Å². The van der Waals surface area contributed by atoms with E-state index in [1.807, 2.05) is 20.2 Å². The molecule has 3 heteroatoms. The van der Waals surface area contributed by atoms with Crippen molar-refractivity contribution in [3.8, 4) is 5.88 Å². The van der Waals surface area contributed by atoms with E-state index in [4.69, 9.17) is 4.74 Å². The number of nitrogens with zero attached hydrogens (tertiary/aromatic N) is 2. The molecule has 12 heavy (non-hydrogen) atoms. The second kappa shape index (κ2) is 5.63. The van der Waals surface area contributed by atoms with Gasteiger partial charge < -0.3 is 4.74 Å². The number of methoxy groups -OCH3 is 1. The summed E-state index contributed by atoms with van der Waals surface area (Å²) < 4.78 is 6.66. The molecule has 0 bridgehead atoms. The zero-order valence-electron chi connectivity index (χ0n) is 8.59. The molecular formula is C9H18N2O. The van der Waals surface area contributed by atoms with Crippen LogP contribution in [0, 0.1) is 6.92 Å². The van der Waals surface area contributed by atoms with E-state index in [1.165, 1.54) is 6.42 Å². The molecule has 1 aromatic rings. The van der Waals surface area contributed by atoms with Crippen LogP contribution in [-0.4, -0.2) is 16.9 Å². The van der Waals surface area contributed by atoms with Gasteiger partial charge in [-0.2, -0.15) is 0 Å². The molecule has 1 aromatic heterocycles. The Kier molecular flexibility index (Phi) is 5.17. The highest BCUT2D eigenvalue weighted by molar-refractivity contribution is 5.20. The maximum atomic E-state index is 4.93. The lowest BCUT2D eigenvalue weighted by Gasteiger charge is -1.90. The molecule has 0 unspecified atom stereocenters. The van der Waals surface area contributed by atoms with E-state index in [-0.39, 0.29) is 0 Å². The Hall–Kier alpha value is -0.990. The largest absolute Gasteiger partial charge is 0.480 e. The van der Waals surface area contributed by atoms with E-state index in [0.29, 0.717) is 5.88 Å². The molecule has 3 nitrogen and oxygen atoms in total. The van der Waals surface area contributed by atoms with Crippen molar-refractivity contribution in [2.45, 2.75) is 27.2 Å². The third kappa shape index (κ3) is 3.42. The van der Waals surface area contributed by atoms with Crippen LogP contribution in [0.4, 0.5) is 0 Å². The lowest BCUT2D eigenvalue weighted by atomic mass is 10.4. The van der Waals surface area contributed by atoms with Gasteiger partial charge in [0, 0.05) is 18.8 Å². The van der Waals surface area contributed by atoms with Crippen molar-refractivity contribution in [3.63, 3.8) is 0 Å². The summed E-state index contributed by atoms with van der Waals surface area (Å²) in [6.07, 6.45) is 3.17. The normalized spacial score (nSPS) is 8.75. The van der Waals surface area contributed by atoms with Gasteiger partial charge in [0.2, 0.25) is 5.88 Å². The van der Waals surface area contributed by atoms with E-state index >= 15 is 0 Å². The first-order valence-corrected chi connectivity index (χ1v) is 4.19. The zero-order chi connectivity index (χ0) is 9.56. The number of ether oxygens (including phenoxy) is 1. The van der Waals surface area contributed by atoms with Gasteiger partial charge >= 0.3 is 0 Å². The highest BCUT2D eigenvalue weighted by Gasteiger charge is 1.99. The second-order valence-electron chi connectivity index (χ2n) is 2.70. The highest BCUT2D eigenvalue weighted by atomic mass is 16.5. The highest BCUT2D eigenvalue weighted by Crippen LogP contribution is 2.11. The predicted molar refractivity (Wildman–Crippen MR) is 50.5 cm³/mol. The van der Waals surface area contributed by atoms with Crippen LogP contribution in [0.3, 0.4) is 0 Å². The Balaban J connectivity index is 0.000000354. The molecule has 0 radical (unpaired) electrons. The summed E-state index contributed by atoms with van der Waals surface area (Å²) in [6.45, 7) is 6.21. The third-order valence-corrected chi connectivity index (χ3v) is 1.16. The first-order chi connectivity index (χ1) is 5.65. The van der Waals surface area contributed by atoms with Crippen LogP contribution in [0.1, 0.15) is 25.8 Å². The average molecular weight is 170 g/mol. The van der Waals surface area contributed by atoms with Crippen LogP contribution < -0.4 is 4.74 Å². The van der Waals surface area contributed by atoms with Gasteiger partial charge in [0.05, 0.1) is 7.11 Å². The first kappa shape index (κ1) is 11.0. The fourth-order valence-corrected chi connectivity index (χ4v) is 0.788. The van der Waals surface area contributed by atoms with Crippen LogP contribution in [0.2, 0.25) is 0 Å². The van der Waals surface area contributed by atoms with E-state index in [0.717, 1.165) is 5.56 Å². The minimum atomic E-state index is 0.706. The first-order valence-electron chi connectivity index (χ1n) is 4.19. The lowest BCUT2D eigenvalue weighted by Crippen LogP contribution is -1.88. The van der Waals surface area contributed by atoms with Gasteiger partial charge in [0.15, 0.2) is 0 Å². The maximum Gasteiger partial charge on any atom is 0.235 e. The van der Waals surface area contributed by atoms with Crippen LogP contribution in [0.5, 0.6) is 5.88 Å². The SMILES string of the molecule is CCC.COc1nn(C)cc1C. The molecular weight excluding hydrogens is 152 g/mol. The number of aromatic nitrogens is 2. The van der Waals surface area contributed by atoms with Gasteiger partial charge in [0.25, 0.3) is 0 Å². The Morgan fingerprint density at radius 2 is 2.00 bits per heavy atom. The van der Waals surface area contributed by atoms with Crippen molar-refractivity contribution in [3.05, 3.63) is 11.8 Å². The Bertz CT molecular complexity index is 218. The van der Waals surface area contributed by atoms with Crippen molar-refractivity contribution < 1.29 is 4.74 Å². The standard InChI is InChI=1S/C6H10N2O.C3H8/c1-5-4-8(2)7-6(5)9-3;1-3-2/h4H,1-3H3;3H2,1-2H3. The third-order valence-electron chi connectivity index (χ3n) is 1.16. The molecule has 0 N–H and O–H groups in total. The summed E-state index contributed by atoms with van der Waals surface area (Å²) >= 11 is 0. The fraction of sp³-hybridized carbons (Fsp3) is 0.667. The molecule has 0 aliphatic heterocycles. The van der Waals surface area contributed by atoms with Crippen LogP contribution >= 0.6 is 0 Å². The summed E-state index contributed by atoms with van der Waals surface area (Å²) in [7, 11) is 3.49. The molecule has 0 aliphatic rings. The molecule has 1 heterocycles. The minimum Gasteiger partial charge on any atom is -0.480 e. The molecule has 0 spiro atoms. The van der Waals surface area contributed by atoms with E-state index in [1.54, 1.807) is 11.8 Å². The number of rotatable bonds is 1. The molecule has 0 aliphatic carbocycles. The molecule has 0 saturated carbocycles. The smallest absolute Gasteiger partial charge is 0.235 e. The summed E-state index contributed by atoms with van der Waals surface area (Å²) in [4.78, 5) is 0. The van der Waals surface area contributed by atoms with Crippen molar-refractivity contribution in [1.82, 2.24) is 9.78 Å². The summed E-state index contributed by atoms with van der Waals surface area (Å²) in [6, 6.07) is 0. The molecule has 70 valence electrons. The van der Waals surface area contributed by atoms with Gasteiger partial charge in [-0.1, -0.05) is 20.3 Å². The van der Waals surface area contributed by atoms with Gasteiger partial charge in [-0.15, -0.1) is 5.10 Å². The van der Waals surface area contributed by atoms with Crippen LogP contribution in [0.25, 0.3) is 0 Å². The molecule has 0 fully saturated rings. The second-order valence-corrected chi connectivity index (χ2v) is 2.70. The summed E-state index contributed by atoms with van der Waals surface area (Å²) in [5, 5.41) is 4.02.